The Bertz CT molecular complexity index is 1110. The molecule has 35 heavy (non-hydrogen) atoms. The van der Waals surface area contributed by atoms with Crippen LogP contribution in [0.1, 0.15) is 44.6 Å². The Kier molecular flexibility index (Phi) is 8.75. The molecule has 0 spiro atoms. The minimum absolute atomic E-state index is 0.136. The maximum atomic E-state index is 13.9. The topological polar surface area (TPSA) is 82.2 Å². The van der Waals surface area contributed by atoms with Crippen LogP contribution in [0.15, 0.2) is 60.8 Å². The minimum atomic E-state index is -1.35. The zero-order chi connectivity index (χ0) is 25.6. The molecule has 0 fully saturated rings. The van der Waals surface area contributed by atoms with Crippen LogP contribution in [0.25, 0.3) is 11.3 Å². The highest BCUT2D eigenvalue weighted by atomic mass is 19.1. The first-order valence-corrected chi connectivity index (χ1v) is 11.7. The summed E-state index contributed by atoms with van der Waals surface area (Å²) >= 11 is 0. The number of halogens is 2. The van der Waals surface area contributed by atoms with Gasteiger partial charge in [0.1, 0.15) is 23.9 Å². The van der Waals surface area contributed by atoms with Crippen LogP contribution in [0.2, 0.25) is 0 Å². The van der Waals surface area contributed by atoms with Gasteiger partial charge in [-0.1, -0.05) is 63.2 Å². The van der Waals surface area contributed by atoms with Gasteiger partial charge in [0, 0.05) is 38.4 Å². The summed E-state index contributed by atoms with van der Waals surface area (Å²) in [4.78, 5) is 18.0. The number of methoxy groups -OCH3 is 1. The number of carbonyl (C=O) groups excluding carboxylic acids is 1. The van der Waals surface area contributed by atoms with Gasteiger partial charge in [-0.05, 0) is 23.1 Å². The van der Waals surface area contributed by atoms with Crippen LogP contribution in [0.5, 0.6) is 0 Å². The molecule has 2 aromatic carbocycles. The summed E-state index contributed by atoms with van der Waals surface area (Å²) in [5.74, 6) is -0.185. The largest absolute Gasteiger partial charge is 0.372 e. The molecular formula is C27H34F2N4O2. The highest BCUT2D eigenvalue weighted by molar-refractivity contribution is 5.81. The quantitative estimate of drug-likeness (QED) is 0.439. The molecule has 0 saturated carbocycles. The number of ether oxygens (including phenoxy) is 1. The van der Waals surface area contributed by atoms with Gasteiger partial charge in [-0.3, -0.25) is 4.79 Å². The molecule has 3 rings (SSSR count). The Morgan fingerprint density at radius 3 is 2.49 bits per heavy atom. The second kappa shape index (κ2) is 11.6. The van der Waals surface area contributed by atoms with E-state index in [1.54, 1.807) is 12.1 Å². The summed E-state index contributed by atoms with van der Waals surface area (Å²) in [7, 11) is 1.37. The fourth-order valence-electron chi connectivity index (χ4n) is 3.90. The number of aromatic nitrogens is 2. The number of nitrogens with one attached hydrogen (secondary N) is 1. The Morgan fingerprint density at radius 2 is 1.89 bits per heavy atom. The van der Waals surface area contributed by atoms with Crippen molar-refractivity contribution in [2.24, 2.45) is 11.1 Å². The summed E-state index contributed by atoms with van der Waals surface area (Å²) in [6.45, 7) is 6.28. The van der Waals surface area contributed by atoms with Gasteiger partial charge >= 0.3 is 0 Å². The molecule has 3 N–H and O–H groups in total. The van der Waals surface area contributed by atoms with Gasteiger partial charge in [-0.2, -0.15) is 0 Å². The third kappa shape index (κ3) is 6.96. The van der Waals surface area contributed by atoms with Crippen molar-refractivity contribution in [3.8, 4) is 11.3 Å². The van der Waals surface area contributed by atoms with E-state index in [1.807, 2.05) is 61.9 Å². The van der Waals surface area contributed by atoms with Gasteiger partial charge in [-0.25, -0.2) is 13.8 Å². The molecule has 0 bridgehead atoms. The number of alkyl halides is 1. The average Bonchev–Trinajstić information content (AvgIpc) is 3.23. The monoisotopic (exact) mass is 484 g/mol. The van der Waals surface area contributed by atoms with E-state index in [0.717, 1.165) is 5.56 Å². The van der Waals surface area contributed by atoms with Crippen LogP contribution in [0.3, 0.4) is 0 Å². The summed E-state index contributed by atoms with van der Waals surface area (Å²) in [6.07, 6.45) is -0.609. The smallest absolute Gasteiger partial charge is 0.249 e. The molecule has 1 unspecified atom stereocenters. The van der Waals surface area contributed by atoms with Crippen LogP contribution in [0.4, 0.5) is 8.78 Å². The molecule has 1 heterocycles. The van der Waals surface area contributed by atoms with E-state index < -0.39 is 29.6 Å². The first-order chi connectivity index (χ1) is 16.6. The molecule has 3 atom stereocenters. The number of benzene rings is 2. The van der Waals surface area contributed by atoms with Crippen molar-refractivity contribution in [1.82, 2.24) is 14.9 Å². The number of hydrogen-bond acceptors (Lipinski definition) is 4. The maximum absolute atomic E-state index is 13.9. The number of carbonyl (C=O) groups is 1. The van der Waals surface area contributed by atoms with E-state index >= 15 is 0 Å². The fraction of sp³-hybridized carbons (Fsp3) is 0.407. The van der Waals surface area contributed by atoms with Gasteiger partial charge in [0.15, 0.2) is 0 Å². The van der Waals surface area contributed by atoms with Crippen LogP contribution < -0.4 is 11.1 Å². The molecule has 0 aliphatic rings. The molecule has 3 aromatic rings. The average molecular weight is 485 g/mol. The van der Waals surface area contributed by atoms with Crippen molar-refractivity contribution in [1.29, 1.82) is 0 Å². The van der Waals surface area contributed by atoms with E-state index in [4.69, 9.17) is 15.5 Å². The van der Waals surface area contributed by atoms with Crippen molar-refractivity contribution in [3.05, 3.63) is 78.0 Å². The molecular weight excluding hydrogens is 450 g/mol. The molecule has 1 aromatic heterocycles. The zero-order valence-corrected chi connectivity index (χ0v) is 20.7. The zero-order valence-electron chi connectivity index (χ0n) is 20.7. The molecule has 6 nitrogen and oxygen atoms in total. The van der Waals surface area contributed by atoms with E-state index in [0.29, 0.717) is 23.6 Å². The highest BCUT2D eigenvalue weighted by Gasteiger charge is 2.34. The van der Waals surface area contributed by atoms with Gasteiger partial charge < -0.3 is 20.4 Å². The minimum Gasteiger partial charge on any atom is -0.372 e. The molecule has 0 aliphatic carbocycles. The Hall–Kier alpha value is -3.10. The van der Waals surface area contributed by atoms with Crippen LogP contribution in [-0.2, 0) is 16.1 Å². The van der Waals surface area contributed by atoms with Crippen molar-refractivity contribution in [2.45, 2.75) is 52.1 Å². The van der Waals surface area contributed by atoms with Gasteiger partial charge in [0.25, 0.3) is 0 Å². The van der Waals surface area contributed by atoms with Gasteiger partial charge in [0.2, 0.25) is 5.91 Å². The number of imidazole rings is 1. The molecule has 0 saturated heterocycles. The number of hydrogen-bond donors (Lipinski definition) is 2. The summed E-state index contributed by atoms with van der Waals surface area (Å²) in [6, 6.07) is 15.6. The van der Waals surface area contributed by atoms with Crippen molar-refractivity contribution in [3.63, 3.8) is 0 Å². The van der Waals surface area contributed by atoms with E-state index in [1.165, 1.54) is 19.2 Å². The van der Waals surface area contributed by atoms with E-state index in [2.05, 4.69) is 5.32 Å². The van der Waals surface area contributed by atoms with E-state index in [9.17, 15) is 13.6 Å². The van der Waals surface area contributed by atoms with Crippen molar-refractivity contribution < 1.29 is 18.3 Å². The van der Waals surface area contributed by atoms with E-state index in [-0.39, 0.29) is 18.8 Å². The summed E-state index contributed by atoms with van der Waals surface area (Å²) < 4.78 is 35.1. The Morgan fingerprint density at radius 1 is 1.17 bits per heavy atom. The van der Waals surface area contributed by atoms with Crippen LogP contribution in [0, 0.1) is 11.2 Å². The van der Waals surface area contributed by atoms with Gasteiger partial charge in [-0.15, -0.1) is 0 Å². The predicted molar refractivity (Wildman–Crippen MR) is 133 cm³/mol. The molecule has 0 aliphatic heterocycles. The lowest BCUT2D eigenvalue weighted by Gasteiger charge is -2.32. The van der Waals surface area contributed by atoms with Crippen molar-refractivity contribution >= 4 is 5.91 Å². The third-order valence-corrected chi connectivity index (χ3v) is 5.84. The fourth-order valence-corrected chi connectivity index (χ4v) is 3.90. The normalized spacial score (nSPS) is 14.4. The second-order valence-electron chi connectivity index (χ2n) is 9.71. The van der Waals surface area contributed by atoms with Crippen molar-refractivity contribution in [2.75, 3.05) is 13.7 Å². The Labute approximate surface area is 205 Å². The number of nitrogens with two attached hydrogens (primary N) is 1. The van der Waals surface area contributed by atoms with Crippen LogP contribution >= 0.6 is 0 Å². The first-order valence-electron chi connectivity index (χ1n) is 11.7. The highest BCUT2D eigenvalue weighted by Crippen LogP contribution is 2.34. The molecule has 188 valence electrons. The SMILES string of the molecule is COC(C[C@@H](F)CN)C(=O)N[C@@H](c1nc(-c2cccc(F)c2)cn1Cc1ccccc1)C(C)(C)C. The maximum Gasteiger partial charge on any atom is 0.249 e. The molecule has 8 heteroatoms. The van der Waals surface area contributed by atoms with Gasteiger partial charge in [0.05, 0.1) is 11.7 Å². The number of rotatable bonds is 10. The number of amides is 1. The first kappa shape index (κ1) is 26.5. The molecule has 1 amide bonds. The number of nitrogens with zero attached hydrogens (tertiary/aromatic N) is 2. The predicted octanol–water partition coefficient (Wildman–Crippen LogP) is 4.64. The molecule has 0 radical (unpaired) electrons. The summed E-state index contributed by atoms with van der Waals surface area (Å²) in [5, 5.41) is 3.03. The summed E-state index contributed by atoms with van der Waals surface area (Å²) in [5.41, 5.74) is 7.22. The second-order valence-corrected chi connectivity index (χ2v) is 9.71. The third-order valence-electron chi connectivity index (χ3n) is 5.84. The lowest BCUT2D eigenvalue weighted by molar-refractivity contribution is -0.134. The lowest BCUT2D eigenvalue weighted by atomic mass is 9.85. The van der Waals surface area contributed by atoms with Crippen LogP contribution in [-0.4, -0.2) is 41.4 Å². The Balaban J connectivity index is 2.03. The standard InChI is InChI=1S/C27H34F2N4O2/c1-27(2,3)24(32-26(34)23(35-4)14-21(29)15-30)25-31-22(19-11-8-12-20(28)13-19)17-33(25)16-18-9-6-5-7-10-18/h5-13,17,21,23-24H,14-16,30H2,1-4H3,(H,32,34)/t21-,23?,24+/m1/s1. The lowest BCUT2D eigenvalue weighted by Crippen LogP contribution is -2.45.